The van der Waals surface area contributed by atoms with Gasteiger partial charge in [0.05, 0.1) is 31.8 Å². The lowest BCUT2D eigenvalue weighted by Crippen LogP contribution is -2.38. The van der Waals surface area contributed by atoms with Gasteiger partial charge in [0.2, 0.25) is 0 Å². The van der Waals surface area contributed by atoms with Crippen molar-refractivity contribution in [2.24, 2.45) is 5.92 Å². The Bertz CT molecular complexity index is 2340. The first-order chi connectivity index (χ1) is 23.6. The normalized spacial score (nSPS) is 35.8. The number of aliphatic hydroxyl groups excluding tert-OH is 1. The van der Waals surface area contributed by atoms with E-state index in [2.05, 4.69) is 36.5 Å². The van der Waals surface area contributed by atoms with Gasteiger partial charge in [-0.1, -0.05) is 6.08 Å². The van der Waals surface area contributed by atoms with Crippen molar-refractivity contribution in [1.29, 1.82) is 0 Å². The van der Waals surface area contributed by atoms with Crippen molar-refractivity contribution in [3.05, 3.63) is 62.8 Å². The van der Waals surface area contributed by atoms with Crippen LogP contribution in [0.2, 0.25) is 0 Å². The molecule has 6 aromatic heterocycles. The molecule has 3 aliphatic heterocycles. The fourth-order valence-corrected chi connectivity index (χ4v) is 8.46. The molecule has 6 aromatic rings. The maximum atomic E-state index is 13.4. The second kappa shape index (κ2) is 11.3. The first kappa shape index (κ1) is 31.0. The third-order valence-corrected chi connectivity index (χ3v) is 10.7. The molecule has 0 radical (unpaired) electrons. The highest BCUT2D eigenvalue weighted by Gasteiger charge is 2.53. The van der Waals surface area contributed by atoms with Gasteiger partial charge in [0, 0.05) is 24.8 Å². The van der Waals surface area contributed by atoms with Crippen molar-refractivity contribution >= 4 is 49.3 Å². The van der Waals surface area contributed by atoms with Gasteiger partial charge in [-0.3, -0.25) is 36.0 Å². The third kappa shape index (κ3) is 5.05. The summed E-state index contributed by atoms with van der Waals surface area (Å²) in [6.45, 7) is 2.52. The van der Waals surface area contributed by atoms with Gasteiger partial charge in [-0.15, -0.1) is 6.58 Å². The highest BCUT2D eigenvalue weighted by molar-refractivity contribution is 7.47. The lowest BCUT2D eigenvalue weighted by Gasteiger charge is -2.28. The second-order valence-electron chi connectivity index (χ2n) is 11.6. The van der Waals surface area contributed by atoms with E-state index in [0.29, 0.717) is 28.0 Å². The minimum absolute atomic E-state index is 0.283. The van der Waals surface area contributed by atoms with E-state index in [1.54, 1.807) is 44.5 Å². The van der Waals surface area contributed by atoms with Gasteiger partial charge < -0.3 is 24.4 Å². The topological polar surface area (TPSA) is 246 Å². The summed E-state index contributed by atoms with van der Waals surface area (Å²) in [5.74, 6) is -0.833. The predicted molar refractivity (Wildman–Crippen MR) is 161 cm³/mol. The van der Waals surface area contributed by atoms with E-state index in [1.165, 1.54) is 29.6 Å². The molecular weight excluding hydrogens is 690 g/mol. The number of phosphoric ester groups is 2. The first-order valence-corrected chi connectivity index (χ1v) is 17.8. The molecule has 0 bridgehead atoms. The minimum atomic E-state index is -4.96. The number of rotatable bonds is 3. The van der Waals surface area contributed by atoms with Crippen LogP contribution in [0.1, 0.15) is 12.5 Å². The molecule has 0 spiro atoms. The molecule has 21 nitrogen and oxygen atoms in total. The predicted octanol–water partition coefficient (Wildman–Crippen LogP) is 1.15. The van der Waals surface area contributed by atoms with Crippen LogP contribution in [0, 0.1) is 5.92 Å². The molecule has 2 unspecified atom stereocenters. The number of aromatic nitrogens is 10. The summed E-state index contributed by atoms with van der Waals surface area (Å²) in [6.07, 6.45) is 4.59. The lowest BCUT2D eigenvalue weighted by atomic mass is 10.00. The number of hydrogen-bond donors (Lipinski definition) is 3. The standard InChI is InChI=1S/C26H26N10O11P2/c1-2-13-19-14(44-25(13)35-11-29-16-21-27-3-5-33(21)9-31-23(16)35)7-42-49(40,41)47-20-15(8-43-48(38,39)46-19)45-26(18(20)37)36-12-30-17-22-28-4-6-34(22)10-32-24(17)36/h2-6,9-15,18-20,25-26,37H,1,7-8H2,(H,38,39)(H,40,41)/t13-,14-,15-,18-,19+,20-,25-,26-/m1/s1. The van der Waals surface area contributed by atoms with Gasteiger partial charge in [-0.25, -0.2) is 39.0 Å². The maximum absolute atomic E-state index is 13.4. The molecule has 9 heterocycles. The smallest absolute Gasteiger partial charge is 0.386 e. The molecule has 3 fully saturated rings. The van der Waals surface area contributed by atoms with Gasteiger partial charge in [-0.2, -0.15) is 0 Å². The summed E-state index contributed by atoms with van der Waals surface area (Å²) in [5.41, 5.74) is 2.56. The van der Waals surface area contributed by atoms with E-state index in [9.17, 15) is 24.0 Å². The number of phosphoric acid groups is 2. The largest absolute Gasteiger partial charge is 0.472 e. The quantitative estimate of drug-likeness (QED) is 0.172. The molecule has 3 saturated heterocycles. The number of aliphatic hydroxyl groups is 1. The summed E-state index contributed by atoms with van der Waals surface area (Å²) in [7, 11) is -9.86. The zero-order chi connectivity index (χ0) is 33.7. The van der Waals surface area contributed by atoms with Crippen molar-refractivity contribution in [2.45, 2.75) is 43.0 Å². The maximum Gasteiger partial charge on any atom is 0.472 e. The average Bonchev–Trinajstić information content (AvgIpc) is 3.91. The van der Waals surface area contributed by atoms with Gasteiger partial charge in [-0.05, 0) is 0 Å². The Balaban J connectivity index is 1.01. The van der Waals surface area contributed by atoms with Crippen LogP contribution in [0.4, 0.5) is 0 Å². The highest BCUT2D eigenvalue weighted by atomic mass is 31.2. The van der Waals surface area contributed by atoms with Crippen molar-refractivity contribution < 1.29 is 51.6 Å². The Hall–Kier alpha value is -3.98. The van der Waals surface area contributed by atoms with Crippen LogP contribution in [-0.2, 0) is 36.7 Å². The molecule has 0 aromatic carbocycles. The molecule has 49 heavy (non-hydrogen) atoms. The number of ether oxygens (including phenoxy) is 2. The number of nitrogens with zero attached hydrogens (tertiary/aromatic N) is 10. The Labute approximate surface area is 273 Å². The van der Waals surface area contributed by atoms with E-state index >= 15 is 0 Å². The number of fused-ring (bicyclic) bond motifs is 8. The Morgan fingerprint density at radius 2 is 1.22 bits per heavy atom. The van der Waals surface area contributed by atoms with Crippen molar-refractivity contribution in [3.8, 4) is 0 Å². The van der Waals surface area contributed by atoms with Crippen molar-refractivity contribution in [1.82, 2.24) is 47.8 Å². The summed E-state index contributed by atoms with van der Waals surface area (Å²) in [4.78, 5) is 47.9. The van der Waals surface area contributed by atoms with E-state index < -0.39 is 77.8 Å². The van der Waals surface area contributed by atoms with Gasteiger partial charge in [0.15, 0.2) is 39.9 Å². The zero-order valence-electron chi connectivity index (χ0n) is 24.9. The van der Waals surface area contributed by atoms with Gasteiger partial charge in [0.1, 0.15) is 49.4 Å². The number of imidazole rings is 4. The molecular formula is C26H26N10O11P2. The fourth-order valence-electron chi connectivity index (χ4n) is 6.51. The SMILES string of the molecule is C=C[C@@H]1[C@@H]2OP(=O)(O)OC[C@H]3O[C@@H](n4cnc5c4ncn4ccnc54)[C@H](O)[C@@H]3OP(=O)(O)OC[C@H]2O[C@H]1n1cnc2c1ncn1ccnc21. The Morgan fingerprint density at radius 1 is 0.714 bits per heavy atom. The fraction of sp³-hybridized carbons (Fsp3) is 0.385. The number of hydrogen-bond acceptors (Lipinski definition) is 15. The summed E-state index contributed by atoms with van der Waals surface area (Å²) < 4.78 is 67.0. The zero-order valence-corrected chi connectivity index (χ0v) is 26.7. The summed E-state index contributed by atoms with van der Waals surface area (Å²) in [6, 6.07) is 0. The molecule has 0 aliphatic carbocycles. The highest BCUT2D eigenvalue weighted by Crippen LogP contribution is 2.54. The molecule has 3 aliphatic rings. The van der Waals surface area contributed by atoms with Gasteiger partial charge in [0.25, 0.3) is 0 Å². The first-order valence-electron chi connectivity index (χ1n) is 14.8. The van der Waals surface area contributed by atoms with Crippen LogP contribution in [0.15, 0.2) is 62.8 Å². The molecule has 23 heteroatoms. The molecule has 0 amide bonds. The van der Waals surface area contributed by atoms with Crippen LogP contribution in [0.3, 0.4) is 0 Å². The summed E-state index contributed by atoms with van der Waals surface area (Å²) >= 11 is 0. The van der Waals surface area contributed by atoms with Crippen LogP contribution in [-0.4, -0.2) is 106 Å². The lowest BCUT2D eigenvalue weighted by molar-refractivity contribution is -0.0663. The Kier molecular flexibility index (Phi) is 7.14. The molecule has 10 atom stereocenters. The third-order valence-electron chi connectivity index (χ3n) is 8.74. The van der Waals surface area contributed by atoms with E-state index in [1.807, 2.05) is 0 Å². The van der Waals surface area contributed by atoms with E-state index in [0.717, 1.165) is 0 Å². The minimum Gasteiger partial charge on any atom is -0.386 e. The van der Waals surface area contributed by atoms with Crippen LogP contribution < -0.4 is 0 Å². The van der Waals surface area contributed by atoms with E-state index in [4.69, 9.17) is 27.6 Å². The molecule has 9 rings (SSSR count). The van der Waals surface area contributed by atoms with E-state index in [-0.39, 0.29) is 5.65 Å². The monoisotopic (exact) mass is 716 g/mol. The van der Waals surface area contributed by atoms with Crippen LogP contribution in [0.25, 0.3) is 33.6 Å². The van der Waals surface area contributed by atoms with Crippen LogP contribution in [0.5, 0.6) is 0 Å². The van der Waals surface area contributed by atoms with Gasteiger partial charge >= 0.3 is 15.6 Å². The van der Waals surface area contributed by atoms with Crippen molar-refractivity contribution in [3.63, 3.8) is 0 Å². The second-order valence-corrected chi connectivity index (χ2v) is 14.4. The molecule has 3 N–H and O–H groups in total. The molecule has 256 valence electrons. The van der Waals surface area contributed by atoms with Crippen LogP contribution >= 0.6 is 15.6 Å². The molecule has 0 saturated carbocycles. The Morgan fingerprint density at radius 3 is 1.80 bits per heavy atom. The van der Waals surface area contributed by atoms with Crippen molar-refractivity contribution in [2.75, 3.05) is 13.2 Å². The summed E-state index contributed by atoms with van der Waals surface area (Å²) in [5, 5.41) is 11.3. The average molecular weight is 717 g/mol.